The summed E-state index contributed by atoms with van der Waals surface area (Å²) in [6.45, 7) is 0. The topological polar surface area (TPSA) is 38.9 Å². The maximum atomic E-state index is 5.78. The van der Waals surface area contributed by atoms with Gasteiger partial charge in [-0.25, -0.2) is 4.98 Å². The highest BCUT2D eigenvalue weighted by Crippen LogP contribution is 2.34. The normalized spacial score (nSPS) is 10.4. The minimum atomic E-state index is 0.744. The average molecular weight is 217 g/mol. The predicted octanol–water partition coefficient (Wildman–Crippen LogP) is 3.11. The highest BCUT2D eigenvalue weighted by atomic mass is 35.5. The number of anilines is 1. The van der Waals surface area contributed by atoms with Crippen molar-refractivity contribution in [3.05, 3.63) is 22.0 Å². The van der Waals surface area contributed by atoms with E-state index in [1.807, 2.05) is 12.1 Å². The number of thiazole rings is 1. The van der Waals surface area contributed by atoms with Gasteiger partial charge in [0.1, 0.15) is 10.7 Å². The van der Waals surface area contributed by atoms with Crippen LogP contribution in [0.25, 0.3) is 10.6 Å². The second-order valence-corrected chi connectivity index (χ2v) is 4.77. The summed E-state index contributed by atoms with van der Waals surface area (Å²) in [5.74, 6) is 0. The summed E-state index contributed by atoms with van der Waals surface area (Å²) in [5, 5.41) is 0.744. The molecule has 0 saturated carbocycles. The Morgan fingerprint density at radius 2 is 2.25 bits per heavy atom. The van der Waals surface area contributed by atoms with E-state index in [1.54, 1.807) is 5.51 Å². The van der Waals surface area contributed by atoms with E-state index in [0.29, 0.717) is 0 Å². The molecule has 0 bridgehead atoms. The molecular weight excluding hydrogens is 212 g/mol. The summed E-state index contributed by atoms with van der Waals surface area (Å²) >= 11 is 8.71. The number of hydrogen-bond donors (Lipinski definition) is 1. The van der Waals surface area contributed by atoms with E-state index in [0.717, 1.165) is 19.9 Å². The summed E-state index contributed by atoms with van der Waals surface area (Å²) in [4.78, 5) is 5.17. The number of halogens is 1. The van der Waals surface area contributed by atoms with Crippen LogP contribution in [-0.4, -0.2) is 4.98 Å². The van der Waals surface area contributed by atoms with E-state index >= 15 is 0 Å². The van der Waals surface area contributed by atoms with Crippen LogP contribution in [0.3, 0.4) is 0 Å². The van der Waals surface area contributed by atoms with Gasteiger partial charge in [0.2, 0.25) is 0 Å². The Hall–Kier alpha value is -0.580. The Morgan fingerprint density at radius 1 is 1.42 bits per heavy atom. The first-order valence-corrected chi connectivity index (χ1v) is 5.29. The summed E-state index contributed by atoms with van der Waals surface area (Å²) in [6, 6.07) is 3.78. The number of aromatic nitrogens is 1. The Morgan fingerprint density at radius 3 is 2.75 bits per heavy atom. The van der Waals surface area contributed by atoms with E-state index < -0.39 is 0 Å². The molecule has 12 heavy (non-hydrogen) atoms. The molecule has 0 unspecified atom stereocenters. The van der Waals surface area contributed by atoms with Gasteiger partial charge in [-0.15, -0.1) is 22.7 Å². The molecule has 5 heteroatoms. The standard InChI is InChI=1S/C7H5ClN2S2/c8-5-2-1-4(12-5)6-7(9)11-3-10-6/h1-3H,9H2. The van der Waals surface area contributed by atoms with Crippen LogP contribution in [0.15, 0.2) is 17.6 Å². The number of rotatable bonds is 1. The van der Waals surface area contributed by atoms with Crippen LogP contribution in [0.1, 0.15) is 0 Å². The van der Waals surface area contributed by atoms with Crippen molar-refractivity contribution in [3.63, 3.8) is 0 Å². The molecule has 0 radical (unpaired) electrons. The summed E-state index contributed by atoms with van der Waals surface area (Å²) in [7, 11) is 0. The Bertz CT molecular complexity index is 394. The summed E-state index contributed by atoms with van der Waals surface area (Å²) < 4.78 is 0.761. The number of nitrogens with zero attached hydrogens (tertiary/aromatic N) is 1. The molecule has 2 aromatic rings. The molecule has 0 saturated heterocycles. The van der Waals surface area contributed by atoms with Gasteiger partial charge in [0.25, 0.3) is 0 Å². The molecule has 2 nitrogen and oxygen atoms in total. The Kier molecular flexibility index (Phi) is 2.04. The molecule has 2 heterocycles. The monoisotopic (exact) mass is 216 g/mol. The fraction of sp³-hybridized carbons (Fsp3) is 0. The summed E-state index contributed by atoms with van der Waals surface area (Å²) in [5.41, 5.74) is 8.28. The van der Waals surface area contributed by atoms with Crippen LogP contribution >= 0.6 is 34.3 Å². The first-order valence-electron chi connectivity index (χ1n) is 3.22. The largest absolute Gasteiger partial charge is 0.389 e. The van der Waals surface area contributed by atoms with Gasteiger partial charge in [-0.2, -0.15) is 0 Å². The van der Waals surface area contributed by atoms with Crippen molar-refractivity contribution >= 4 is 39.3 Å². The third-order valence-electron chi connectivity index (χ3n) is 1.40. The quantitative estimate of drug-likeness (QED) is 0.796. The molecule has 0 atom stereocenters. The van der Waals surface area contributed by atoms with Crippen molar-refractivity contribution in [3.8, 4) is 10.6 Å². The maximum Gasteiger partial charge on any atom is 0.115 e. The molecular formula is C7H5ClN2S2. The number of nitrogens with two attached hydrogens (primary N) is 1. The predicted molar refractivity (Wildman–Crippen MR) is 54.8 cm³/mol. The van der Waals surface area contributed by atoms with Crippen LogP contribution in [0.5, 0.6) is 0 Å². The van der Waals surface area contributed by atoms with E-state index in [9.17, 15) is 0 Å². The maximum absolute atomic E-state index is 5.78. The molecule has 0 aliphatic rings. The van der Waals surface area contributed by atoms with Crippen molar-refractivity contribution in [1.29, 1.82) is 0 Å². The Labute approximate surface area is 82.6 Å². The van der Waals surface area contributed by atoms with E-state index in [1.165, 1.54) is 22.7 Å². The van der Waals surface area contributed by atoms with Crippen LogP contribution in [0.4, 0.5) is 5.00 Å². The van der Waals surface area contributed by atoms with Crippen molar-refractivity contribution < 1.29 is 0 Å². The van der Waals surface area contributed by atoms with Gasteiger partial charge >= 0.3 is 0 Å². The molecule has 2 N–H and O–H groups in total. The van der Waals surface area contributed by atoms with Crippen molar-refractivity contribution in [2.75, 3.05) is 5.73 Å². The molecule has 0 aromatic carbocycles. The van der Waals surface area contributed by atoms with Crippen LogP contribution in [-0.2, 0) is 0 Å². The third-order valence-corrected chi connectivity index (χ3v) is 3.30. The fourth-order valence-corrected chi connectivity index (χ4v) is 2.55. The second-order valence-electron chi connectivity index (χ2n) is 2.17. The van der Waals surface area contributed by atoms with Crippen LogP contribution in [0.2, 0.25) is 4.34 Å². The molecule has 2 rings (SSSR count). The first-order chi connectivity index (χ1) is 5.77. The summed E-state index contributed by atoms with van der Waals surface area (Å²) in [6.07, 6.45) is 0. The lowest BCUT2D eigenvalue weighted by atomic mass is 10.4. The lowest BCUT2D eigenvalue weighted by Crippen LogP contribution is -1.81. The van der Waals surface area contributed by atoms with Gasteiger partial charge < -0.3 is 5.73 Å². The first kappa shape index (κ1) is 8.04. The highest BCUT2D eigenvalue weighted by molar-refractivity contribution is 7.20. The van der Waals surface area contributed by atoms with E-state index in [-0.39, 0.29) is 0 Å². The van der Waals surface area contributed by atoms with Gasteiger partial charge in [-0.1, -0.05) is 11.6 Å². The molecule has 0 aliphatic heterocycles. The smallest absolute Gasteiger partial charge is 0.115 e. The zero-order valence-electron chi connectivity index (χ0n) is 5.95. The van der Waals surface area contributed by atoms with E-state index in [2.05, 4.69) is 4.98 Å². The molecule has 0 amide bonds. The van der Waals surface area contributed by atoms with Crippen molar-refractivity contribution in [2.45, 2.75) is 0 Å². The van der Waals surface area contributed by atoms with Crippen LogP contribution < -0.4 is 5.73 Å². The number of hydrogen-bond acceptors (Lipinski definition) is 4. The van der Waals surface area contributed by atoms with Gasteiger partial charge in [-0.05, 0) is 12.1 Å². The van der Waals surface area contributed by atoms with Crippen molar-refractivity contribution in [2.24, 2.45) is 0 Å². The van der Waals surface area contributed by atoms with Gasteiger partial charge in [0, 0.05) is 0 Å². The molecule has 0 aliphatic carbocycles. The molecule has 0 fully saturated rings. The van der Waals surface area contributed by atoms with Gasteiger partial charge in [0.05, 0.1) is 14.7 Å². The lowest BCUT2D eigenvalue weighted by Gasteiger charge is -1.90. The minimum Gasteiger partial charge on any atom is -0.389 e. The molecule has 2 aromatic heterocycles. The highest BCUT2D eigenvalue weighted by Gasteiger charge is 2.07. The number of thiophene rings is 1. The van der Waals surface area contributed by atoms with Crippen LogP contribution in [0, 0.1) is 0 Å². The fourth-order valence-electron chi connectivity index (χ4n) is 0.882. The molecule has 0 spiro atoms. The SMILES string of the molecule is Nc1scnc1-c1ccc(Cl)s1. The zero-order chi connectivity index (χ0) is 8.55. The van der Waals surface area contributed by atoms with E-state index in [4.69, 9.17) is 17.3 Å². The molecule has 62 valence electrons. The Balaban J connectivity index is 2.50. The number of nitrogen functional groups attached to an aromatic ring is 1. The third kappa shape index (κ3) is 1.33. The van der Waals surface area contributed by atoms with Gasteiger partial charge in [0.15, 0.2) is 0 Å². The minimum absolute atomic E-state index is 0.744. The lowest BCUT2D eigenvalue weighted by molar-refractivity contribution is 1.43. The average Bonchev–Trinajstić information content (AvgIpc) is 2.58. The second kappa shape index (κ2) is 3.05. The van der Waals surface area contributed by atoms with Crippen molar-refractivity contribution in [1.82, 2.24) is 4.98 Å². The zero-order valence-corrected chi connectivity index (χ0v) is 8.34. The van der Waals surface area contributed by atoms with Gasteiger partial charge in [-0.3, -0.25) is 0 Å².